The summed E-state index contributed by atoms with van der Waals surface area (Å²) in [5.74, 6) is 0. The van der Waals surface area contributed by atoms with E-state index in [1.165, 1.54) is 28.3 Å². The second-order valence-corrected chi connectivity index (χ2v) is 12.0. The Balaban J connectivity index is 1.43. The fraction of sp³-hybridized carbons (Fsp3) is 0.400. The Kier molecular flexibility index (Phi) is 6.79. The molecule has 0 N–H and O–H groups in total. The Morgan fingerprint density at radius 3 is 2.32 bits per heavy atom. The number of halogens is 3. The molecular formula is C25H27F3N2O2S2. The molecule has 0 amide bonds. The average Bonchev–Trinajstić information content (AvgIpc) is 3.24. The molecule has 9 heteroatoms. The lowest BCUT2D eigenvalue weighted by Gasteiger charge is -2.31. The number of aryl methyl sites for hydroxylation is 3. The van der Waals surface area contributed by atoms with Gasteiger partial charge in [0.25, 0.3) is 0 Å². The second-order valence-electron chi connectivity index (χ2n) is 8.93. The van der Waals surface area contributed by atoms with Crippen LogP contribution in [0.15, 0.2) is 46.7 Å². The minimum absolute atomic E-state index is 0.263. The molecule has 1 aromatic heterocycles. The van der Waals surface area contributed by atoms with Crippen LogP contribution in [0.3, 0.4) is 0 Å². The molecular weight excluding hydrogens is 481 g/mol. The van der Waals surface area contributed by atoms with Crippen LogP contribution in [0.1, 0.15) is 46.4 Å². The van der Waals surface area contributed by atoms with Gasteiger partial charge in [-0.05, 0) is 68.5 Å². The molecule has 4 rings (SSSR count). The van der Waals surface area contributed by atoms with Crippen molar-refractivity contribution >= 4 is 26.3 Å². The van der Waals surface area contributed by atoms with Gasteiger partial charge in [0.2, 0.25) is 0 Å². The van der Waals surface area contributed by atoms with E-state index >= 15 is 0 Å². The molecule has 182 valence electrons. The molecule has 2 heterocycles. The molecule has 0 atom stereocenters. The van der Waals surface area contributed by atoms with Crippen molar-refractivity contribution in [3.8, 4) is 0 Å². The summed E-state index contributed by atoms with van der Waals surface area (Å²) in [5.41, 5.74) is 5.03. The summed E-state index contributed by atoms with van der Waals surface area (Å²) < 4.78 is 65.1. The highest BCUT2D eigenvalue weighted by Crippen LogP contribution is 2.34. The van der Waals surface area contributed by atoms with Crippen LogP contribution in [-0.4, -0.2) is 31.7 Å². The Hall–Kier alpha value is -2.39. The van der Waals surface area contributed by atoms with Gasteiger partial charge in [-0.2, -0.15) is 13.2 Å². The highest BCUT2D eigenvalue weighted by atomic mass is 32.2. The minimum Gasteiger partial charge on any atom is -0.348 e. The number of hydrogen-bond acceptors (Lipinski definition) is 5. The summed E-state index contributed by atoms with van der Waals surface area (Å²) in [6, 6.07) is 8.38. The number of thiazole rings is 1. The van der Waals surface area contributed by atoms with Crippen LogP contribution in [-0.2, 0) is 22.4 Å². The lowest BCUT2D eigenvalue weighted by molar-refractivity contribution is -0.137. The number of nitrogens with zero attached hydrogens (tertiary/aromatic N) is 2. The smallest absolute Gasteiger partial charge is 0.348 e. The molecule has 1 fully saturated rings. The van der Waals surface area contributed by atoms with Crippen LogP contribution < -0.4 is 4.90 Å². The van der Waals surface area contributed by atoms with Gasteiger partial charge in [-0.15, -0.1) is 11.3 Å². The Bertz CT molecular complexity index is 1270. The number of aromatic nitrogens is 1. The molecule has 0 spiro atoms. The first kappa shape index (κ1) is 24.7. The number of anilines is 1. The molecule has 4 nitrogen and oxygen atoms in total. The molecule has 3 aromatic rings. The van der Waals surface area contributed by atoms with Crippen molar-refractivity contribution in [2.75, 3.05) is 18.0 Å². The number of sulfone groups is 1. The Morgan fingerprint density at radius 2 is 1.71 bits per heavy atom. The maximum absolute atomic E-state index is 13.0. The van der Waals surface area contributed by atoms with E-state index in [0.717, 1.165) is 35.4 Å². The number of hydrogen-bond donors (Lipinski definition) is 0. The third-order valence-electron chi connectivity index (χ3n) is 6.38. The third-order valence-corrected chi connectivity index (χ3v) is 9.59. The zero-order chi connectivity index (χ0) is 24.7. The number of rotatable bonds is 5. The Morgan fingerprint density at radius 1 is 1.06 bits per heavy atom. The summed E-state index contributed by atoms with van der Waals surface area (Å²) in [4.78, 5) is 6.60. The molecule has 1 saturated heterocycles. The van der Waals surface area contributed by atoms with Gasteiger partial charge in [0.1, 0.15) is 0 Å². The molecule has 0 aliphatic carbocycles. The summed E-state index contributed by atoms with van der Waals surface area (Å²) in [6.07, 6.45) is -3.13. The predicted molar refractivity (Wildman–Crippen MR) is 129 cm³/mol. The number of alkyl halides is 3. The fourth-order valence-electron chi connectivity index (χ4n) is 4.59. The molecule has 2 aromatic carbocycles. The van der Waals surface area contributed by atoms with Crippen LogP contribution in [0.4, 0.5) is 18.3 Å². The second kappa shape index (κ2) is 9.34. The van der Waals surface area contributed by atoms with Gasteiger partial charge in [0, 0.05) is 24.9 Å². The van der Waals surface area contributed by atoms with Crippen LogP contribution in [0.2, 0.25) is 0 Å². The maximum Gasteiger partial charge on any atom is 0.416 e. The first-order chi connectivity index (χ1) is 15.9. The van der Waals surface area contributed by atoms with E-state index in [2.05, 4.69) is 37.8 Å². The highest BCUT2D eigenvalue weighted by molar-refractivity contribution is 7.92. The van der Waals surface area contributed by atoms with Gasteiger partial charge in [-0.3, -0.25) is 0 Å². The number of benzene rings is 2. The van der Waals surface area contributed by atoms with Gasteiger partial charge in [-0.25, -0.2) is 13.4 Å². The van der Waals surface area contributed by atoms with Crippen LogP contribution >= 0.6 is 11.3 Å². The topological polar surface area (TPSA) is 50.3 Å². The van der Waals surface area contributed by atoms with E-state index in [-0.39, 0.29) is 4.90 Å². The van der Waals surface area contributed by atoms with E-state index in [0.29, 0.717) is 25.9 Å². The monoisotopic (exact) mass is 508 g/mol. The van der Waals surface area contributed by atoms with E-state index in [4.69, 9.17) is 4.98 Å². The zero-order valence-electron chi connectivity index (χ0n) is 19.3. The minimum atomic E-state index is -4.58. The summed E-state index contributed by atoms with van der Waals surface area (Å²) in [5, 5.41) is 2.19. The van der Waals surface area contributed by atoms with E-state index in [1.54, 1.807) is 11.3 Å². The lowest BCUT2D eigenvalue weighted by atomic mass is 9.96. The van der Waals surface area contributed by atoms with Crippen LogP contribution in [0, 0.1) is 20.8 Å². The van der Waals surface area contributed by atoms with Gasteiger partial charge in [-0.1, -0.05) is 23.8 Å². The predicted octanol–water partition coefficient (Wildman–Crippen LogP) is 6.12. The first-order valence-electron chi connectivity index (χ1n) is 11.1. The molecule has 0 bridgehead atoms. The van der Waals surface area contributed by atoms with E-state index in [9.17, 15) is 21.6 Å². The van der Waals surface area contributed by atoms with E-state index < -0.39 is 26.8 Å². The van der Waals surface area contributed by atoms with Gasteiger partial charge in [0.05, 0.1) is 21.4 Å². The quantitative estimate of drug-likeness (QED) is 0.417. The van der Waals surface area contributed by atoms with Crippen molar-refractivity contribution in [3.63, 3.8) is 0 Å². The van der Waals surface area contributed by atoms with Gasteiger partial charge < -0.3 is 4.90 Å². The molecule has 1 aliphatic heterocycles. The molecule has 1 aliphatic rings. The standard InChI is InChI=1S/C25H27F3N2O2S2/c1-16-11-17(2)23(18(3)12-16)14-20-15-33-24(29-20)30-9-7-21(8-10-30)34(31,32)22-6-4-5-19(13-22)25(26,27)28/h4-6,11-13,15,21H,7-10,14H2,1-3H3. The van der Waals surface area contributed by atoms with Crippen molar-refractivity contribution in [1.82, 2.24) is 4.98 Å². The molecule has 0 saturated carbocycles. The third kappa shape index (κ3) is 5.15. The van der Waals surface area contributed by atoms with E-state index in [1.807, 2.05) is 5.38 Å². The van der Waals surface area contributed by atoms with Crippen molar-refractivity contribution in [2.45, 2.75) is 56.4 Å². The van der Waals surface area contributed by atoms with Crippen molar-refractivity contribution in [3.05, 3.63) is 75.3 Å². The Labute approximate surface area is 202 Å². The summed E-state index contributed by atoms with van der Waals surface area (Å²) >= 11 is 1.54. The van der Waals surface area contributed by atoms with Crippen molar-refractivity contribution in [1.29, 1.82) is 0 Å². The SMILES string of the molecule is Cc1cc(C)c(Cc2csc(N3CCC(S(=O)(=O)c4cccc(C(F)(F)F)c4)CC3)n2)c(C)c1. The number of piperidine rings is 1. The van der Waals surface area contributed by atoms with Gasteiger partial charge >= 0.3 is 6.18 Å². The molecule has 0 unspecified atom stereocenters. The summed E-state index contributed by atoms with van der Waals surface area (Å²) in [7, 11) is -3.84. The normalized spacial score (nSPS) is 15.6. The van der Waals surface area contributed by atoms with Gasteiger partial charge in [0.15, 0.2) is 15.0 Å². The van der Waals surface area contributed by atoms with Crippen LogP contribution in [0.25, 0.3) is 0 Å². The van der Waals surface area contributed by atoms with Crippen molar-refractivity contribution < 1.29 is 21.6 Å². The average molecular weight is 509 g/mol. The molecule has 0 radical (unpaired) electrons. The van der Waals surface area contributed by atoms with Crippen LogP contribution in [0.5, 0.6) is 0 Å². The molecule has 34 heavy (non-hydrogen) atoms. The zero-order valence-corrected chi connectivity index (χ0v) is 20.9. The lowest BCUT2D eigenvalue weighted by Crippen LogP contribution is -2.39. The highest BCUT2D eigenvalue weighted by Gasteiger charge is 2.35. The van der Waals surface area contributed by atoms with Crippen molar-refractivity contribution in [2.24, 2.45) is 0 Å². The summed E-state index contributed by atoms with van der Waals surface area (Å²) in [6.45, 7) is 7.30. The first-order valence-corrected chi connectivity index (χ1v) is 13.5. The maximum atomic E-state index is 13.0. The fourth-order valence-corrected chi connectivity index (χ4v) is 7.25. The largest absolute Gasteiger partial charge is 0.416 e.